The first-order chi connectivity index (χ1) is 9.88. The van der Waals surface area contributed by atoms with Gasteiger partial charge in [0.1, 0.15) is 0 Å². The number of aliphatic carboxylic acids is 1. The molecule has 2 fully saturated rings. The third-order valence-corrected chi connectivity index (χ3v) is 5.12. The van der Waals surface area contributed by atoms with Crippen molar-refractivity contribution in [2.75, 3.05) is 26.2 Å². The van der Waals surface area contributed by atoms with E-state index >= 15 is 0 Å². The molecule has 0 aliphatic carbocycles. The van der Waals surface area contributed by atoms with E-state index in [1.54, 1.807) is 4.90 Å². The average molecular weight is 296 g/mol. The van der Waals surface area contributed by atoms with Crippen molar-refractivity contribution in [3.8, 4) is 0 Å². The summed E-state index contributed by atoms with van der Waals surface area (Å²) < 4.78 is 0. The van der Waals surface area contributed by atoms with Crippen molar-refractivity contribution in [1.29, 1.82) is 0 Å². The SMILES string of the molecule is CCC1(C(=O)O)CCCN(C(=O)N2CC(C)CC(C)C2)C1. The molecule has 0 bridgehead atoms. The second-order valence-corrected chi connectivity index (χ2v) is 7.10. The van der Waals surface area contributed by atoms with Gasteiger partial charge in [0.2, 0.25) is 0 Å². The van der Waals surface area contributed by atoms with Gasteiger partial charge in [-0.1, -0.05) is 20.8 Å². The van der Waals surface area contributed by atoms with Crippen molar-refractivity contribution < 1.29 is 14.7 Å². The van der Waals surface area contributed by atoms with E-state index in [-0.39, 0.29) is 6.03 Å². The van der Waals surface area contributed by atoms with Crippen molar-refractivity contribution in [3.63, 3.8) is 0 Å². The maximum atomic E-state index is 12.7. The van der Waals surface area contributed by atoms with E-state index in [2.05, 4.69) is 13.8 Å². The first-order valence-electron chi connectivity index (χ1n) is 8.15. The summed E-state index contributed by atoms with van der Waals surface area (Å²) in [6.45, 7) is 8.91. The number of nitrogens with zero attached hydrogens (tertiary/aromatic N) is 2. The number of urea groups is 1. The van der Waals surface area contributed by atoms with Crippen LogP contribution < -0.4 is 0 Å². The number of rotatable bonds is 2. The van der Waals surface area contributed by atoms with Crippen molar-refractivity contribution in [2.45, 2.75) is 46.5 Å². The number of carboxylic acids is 1. The maximum absolute atomic E-state index is 12.7. The molecule has 2 rings (SSSR count). The van der Waals surface area contributed by atoms with Crippen molar-refractivity contribution >= 4 is 12.0 Å². The zero-order valence-electron chi connectivity index (χ0n) is 13.5. The van der Waals surface area contributed by atoms with Crippen LogP contribution in [0.5, 0.6) is 0 Å². The number of hydrogen-bond donors (Lipinski definition) is 1. The molecule has 2 saturated heterocycles. The molecule has 2 amide bonds. The summed E-state index contributed by atoms with van der Waals surface area (Å²) in [5.74, 6) is 0.290. The first kappa shape index (κ1) is 16.1. The van der Waals surface area contributed by atoms with Gasteiger partial charge in [0.05, 0.1) is 5.41 Å². The van der Waals surface area contributed by atoms with E-state index in [0.29, 0.717) is 37.8 Å². The Balaban J connectivity index is 2.07. The van der Waals surface area contributed by atoms with Gasteiger partial charge in [0.15, 0.2) is 0 Å². The highest BCUT2D eigenvalue weighted by atomic mass is 16.4. The molecule has 0 saturated carbocycles. The third-order valence-electron chi connectivity index (χ3n) is 5.12. The molecule has 2 aliphatic rings. The van der Waals surface area contributed by atoms with Crippen LogP contribution in [0.15, 0.2) is 0 Å². The Kier molecular flexibility index (Phi) is 4.79. The van der Waals surface area contributed by atoms with E-state index in [4.69, 9.17) is 0 Å². The molecule has 2 aliphatic heterocycles. The fourth-order valence-electron chi connectivity index (χ4n) is 3.93. The Labute approximate surface area is 127 Å². The highest BCUT2D eigenvalue weighted by Crippen LogP contribution is 2.34. The Morgan fingerprint density at radius 2 is 1.81 bits per heavy atom. The van der Waals surface area contributed by atoms with Crippen molar-refractivity contribution in [1.82, 2.24) is 9.80 Å². The molecule has 1 N–H and O–H groups in total. The molecule has 3 unspecified atom stereocenters. The van der Waals surface area contributed by atoms with Gasteiger partial charge in [0, 0.05) is 26.2 Å². The molecule has 21 heavy (non-hydrogen) atoms. The summed E-state index contributed by atoms with van der Waals surface area (Å²) in [6.07, 6.45) is 3.21. The van der Waals surface area contributed by atoms with Crippen LogP contribution >= 0.6 is 0 Å². The summed E-state index contributed by atoms with van der Waals surface area (Å²) >= 11 is 0. The predicted molar refractivity (Wildman–Crippen MR) is 81.1 cm³/mol. The zero-order valence-corrected chi connectivity index (χ0v) is 13.5. The number of hydrogen-bond acceptors (Lipinski definition) is 2. The summed E-state index contributed by atoms with van der Waals surface area (Å²) in [6, 6.07) is 0.0344. The minimum Gasteiger partial charge on any atom is -0.481 e. The smallest absolute Gasteiger partial charge is 0.320 e. The Morgan fingerprint density at radius 3 is 2.33 bits per heavy atom. The van der Waals surface area contributed by atoms with E-state index in [1.165, 1.54) is 0 Å². The minimum absolute atomic E-state index is 0.0344. The van der Waals surface area contributed by atoms with Crippen molar-refractivity contribution in [2.24, 2.45) is 17.3 Å². The normalized spacial score (nSPS) is 33.9. The summed E-state index contributed by atoms with van der Waals surface area (Å²) in [7, 11) is 0. The van der Waals surface area contributed by atoms with Gasteiger partial charge in [-0.3, -0.25) is 4.79 Å². The van der Waals surface area contributed by atoms with Gasteiger partial charge < -0.3 is 14.9 Å². The number of carbonyl (C=O) groups excluding carboxylic acids is 1. The van der Waals surface area contributed by atoms with Crippen LogP contribution in [0.25, 0.3) is 0 Å². The monoisotopic (exact) mass is 296 g/mol. The number of carboxylic acid groups (broad SMARTS) is 1. The fourth-order valence-corrected chi connectivity index (χ4v) is 3.93. The van der Waals surface area contributed by atoms with Gasteiger partial charge >= 0.3 is 12.0 Å². The largest absolute Gasteiger partial charge is 0.481 e. The molecule has 2 heterocycles. The Hall–Kier alpha value is -1.26. The summed E-state index contributed by atoms with van der Waals surface area (Å²) in [5.41, 5.74) is -0.749. The van der Waals surface area contributed by atoms with Gasteiger partial charge in [0.25, 0.3) is 0 Å². The summed E-state index contributed by atoms with van der Waals surface area (Å²) in [5, 5.41) is 9.53. The van der Waals surface area contributed by atoms with E-state index < -0.39 is 11.4 Å². The molecular formula is C16H28N2O3. The predicted octanol–water partition coefficient (Wildman–Crippen LogP) is 2.66. The highest BCUT2D eigenvalue weighted by molar-refractivity contribution is 5.79. The molecule has 5 heteroatoms. The number of piperidine rings is 2. The van der Waals surface area contributed by atoms with E-state index in [1.807, 2.05) is 11.8 Å². The highest BCUT2D eigenvalue weighted by Gasteiger charge is 2.43. The molecule has 5 nitrogen and oxygen atoms in total. The average Bonchev–Trinajstić information content (AvgIpc) is 2.45. The van der Waals surface area contributed by atoms with Crippen LogP contribution in [0.1, 0.15) is 46.5 Å². The number of amides is 2. The van der Waals surface area contributed by atoms with Crippen LogP contribution in [0.2, 0.25) is 0 Å². The lowest BCUT2D eigenvalue weighted by atomic mass is 9.78. The molecule has 0 aromatic heterocycles. The zero-order chi connectivity index (χ0) is 15.6. The second kappa shape index (κ2) is 6.24. The number of carbonyl (C=O) groups is 2. The Morgan fingerprint density at radius 1 is 1.19 bits per heavy atom. The lowest BCUT2D eigenvalue weighted by Gasteiger charge is -2.43. The lowest BCUT2D eigenvalue weighted by Crippen LogP contribution is -2.55. The maximum Gasteiger partial charge on any atom is 0.320 e. The van der Waals surface area contributed by atoms with E-state index in [0.717, 1.165) is 25.9 Å². The summed E-state index contributed by atoms with van der Waals surface area (Å²) in [4.78, 5) is 28.0. The van der Waals surface area contributed by atoms with Gasteiger partial charge in [-0.25, -0.2) is 4.79 Å². The molecular weight excluding hydrogens is 268 g/mol. The molecule has 0 radical (unpaired) electrons. The standard InChI is InChI=1S/C16H28N2O3/c1-4-16(14(19)20)6-5-7-17(11-16)15(21)18-9-12(2)8-13(3)10-18/h12-13H,4-11H2,1-3H3,(H,19,20). The topological polar surface area (TPSA) is 60.9 Å². The Bertz CT molecular complexity index is 402. The second-order valence-electron chi connectivity index (χ2n) is 7.10. The lowest BCUT2D eigenvalue weighted by molar-refractivity contribution is -0.152. The van der Waals surface area contributed by atoms with Gasteiger partial charge in [-0.05, 0) is 37.5 Å². The number of likely N-dealkylation sites (tertiary alicyclic amines) is 2. The third kappa shape index (κ3) is 3.33. The molecule has 3 atom stereocenters. The fraction of sp³-hybridized carbons (Fsp3) is 0.875. The molecule has 0 aromatic rings. The van der Waals surface area contributed by atoms with Crippen LogP contribution in [0.3, 0.4) is 0 Å². The van der Waals surface area contributed by atoms with Crippen molar-refractivity contribution in [3.05, 3.63) is 0 Å². The quantitative estimate of drug-likeness (QED) is 0.852. The van der Waals surface area contributed by atoms with Crippen LogP contribution in [-0.2, 0) is 4.79 Å². The van der Waals surface area contributed by atoms with E-state index in [9.17, 15) is 14.7 Å². The van der Waals surface area contributed by atoms with Crippen LogP contribution in [0.4, 0.5) is 4.79 Å². The molecule has 0 spiro atoms. The molecule has 0 aromatic carbocycles. The first-order valence-corrected chi connectivity index (χ1v) is 8.15. The molecule has 120 valence electrons. The van der Waals surface area contributed by atoms with Gasteiger partial charge in [-0.15, -0.1) is 0 Å². The van der Waals surface area contributed by atoms with Gasteiger partial charge in [-0.2, -0.15) is 0 Å². The minimum atomic E-state index is -0.761. The van der Waals surface area contributed by atoms with Crippen LogP contribution in [0, 0.1) is 17.3 Å². The van der Waals surface area contributed by atoms with Crippen LogP contribution in [-0.4, -0.2) is 53.1 Å².